The highest BCUT2D eigenvalue weighted by Crippen LogP contribution is 2.51. The Labute approximate surface area is 706 Å². The van der Waals surface area contributed by atoms with Crippen molar-refractivity contribution < 1.29 is 160 Å². The van der Waals surface area contributed by atoms with E-state index in [0.717, 1.165) is 36.4 Å². The summed E-state index contributed by atoms with van der Waals surface area (Å²) in [5.74, 6) is -80.3. The highest BCUT2D eigenvalue weighted by atomic mass is 19.2. The molecule has 10 nitrogen and oxygen atoms in total. The topological polar surface area (TPSA) is 113 Å². The summed E-state index contributed by atoms with van der Waals surface area (Å²) in [6, 6.07) is 17.2. The summed E-state index contributed by atoms with van der Waals surface area (Å²) >= 11 is 0. The number of hydrogen-bond donors (Lipinski definition) is 2. The van der Waals surface area contributed by atoms with Crippen molar-refractivity contribution in [1.82, 2.24) is 19.9 Å². The highest BCUT2D eigenvalue weighted by Gasteiger charge is 2.37. The highest BCUT2D eigenvalue weighted by molar-refractivity contribution is 6.02. The number of H-pyrrole nitrogens is 2. The normalized spacial score (nSPS) is 11.7. The number of rotatable bonds is 22. The van der Waals surface area contributed by atoms with Gasteiger partial charge in [0, 0.05) is 79.7 Å². The maximum absolute atomic E-state index is 16.0. The minimum Gasteiger partial charge on any atom is -0.488 e. The summed E-state index contributed by atoms with van der Waals surface area (Å²) < 4.78 is 493. The monoisotopic (exact) mass is 1840 g/mol. The minimum atomic E-state index is -2.73. The van der Waals surface area contributed by atoms with E-state index in [4.69, 9.17) is 51.2 Å². The van der Waals surface area contributed by atoms with Crippen molar-refractivity contribution in [3.05, 3.63) is 339 Å². The van der Waals surface area contributed by atoms with Gasteiger partial charge < -0.3 is 38.4 Å². The van der Waals surface area contributed by atoms with Gasteiger partial charge >= 0.3 is 0 Å². The molecule has 3 aromatic heterocycles. The summed E-state index contributed by atoms with van der Waals surface area (Å²) in [5, 5.41) is 0. The van der Waals surface area contributed by atoms with Crippen molar-refractivity contribution in [3.8, 4) is 104 Å². The predicted octanol–water partition coefficient (Wildman–Crippen LogP) is 24.9. The van der Waals surface area contributed by atoms with Crippen molar-refractivity contribution in [2.45, 2.75) is 39.6 Å². The van der Waals surface area contributed by atoms with E-state index in [-0.39, 0.29) is 55.8 Å². The number of aromatic amines is 2. The summed E-state index contributed by atoms with van der Waals surface area (Å²) in [6.45, 7) is -11.1. The molecule has 13 aromatic rings. The molecule has 0 saturated carbocycles. The molecule has 0 spiro atoms. The van der Waals surface area contributed by atoms with Crippen molar-refractivity contribution in [2.75, 3.05) is 0 Å². The van der Waals surface area contributed by atoms with E-state index in [1.807, 2.05) is 0 Å². The molecule has 2 aliphatic rings. The predicted molar refractivity (Wildman–Crippen MR) is 400 cm³/mol. The van der Waals surface area contributed by atoms with E-state index in [0.29, 0.717) is 24.3 Å². The van der Waals surface area contributed by atoms with Gasteiger partial charge in [0.25, 0.3) is 0 Å². The van der Waals surface area contributed by atoms with Gasteiger partial charge in [-0.15, -0.1) is 12.8 Å². The fraction of sp³-hybridized carbons (Fsp3) is 0.0667. The summed E-state index contributed by atoms with van der Waals surface area (Å²) in [4.78, 5) is 15.9. The Morgan fingerprint density at radius 2 is 0.392 bits per heavy atom. The summed E-state index contributed by atoms with van der Waals surface area (Å²) in [7, 11) is 0. The molecular formula is C90H36F30N4O6. The van der Waals surface area contributed by atoms with E-state index in [2.05, 4.69) is 21.8 Å². The number of ether oxygens (including phenoxy) is 6. The van der Waals surface area contributed by atoms with Gasteiger partial charge in [-0.2, -0.15) is 0 Å². The second-order valence-electron chi connectivity index (χ2n) is 27.6. The van der Waals surface area contributed by atoms with Crippen LogP contribution in [0.1, 0.15) is 67.3 Å². The van der Waals surface area contributed by atoms with E-state index in [1.165, 1.54) is 60.7 Å². The Balaban J connectivity index is 1.08. The van der Waals surface area contributed by atoms with Crippen LogP contribution in [0.4, 0.5) is 132 Å². The maximum atomic E-state index is 16.0. The third-order valence-corrected chi connectivity index (χ3v) is 20.1. The molecule has 2 N–H and O–H groups in total. The number of benzene rings is 10. The smallest absolute Gasteiger partial charge is 0.200 e. The lowest BCUT2D eigenvalue weighted by molar-refractivity contribution is 0.255. The quantitative estimate of drug-likeness (QED) is 0.0299. The van der Waals surface area contributed by atoms with E-state index in [9.17, 15) is 43.9 Å². The molecule has 0 saturated heterocycles. The largest absolute Gasteiger partial charge is 0.488 e. The lowest BCUT2D eigenvalue weighted by Gasteiger charge is -2.21. The number of halogens is 30. The van der Waals surface area contributed by atoms with Crippen molar-refractivity contribution >= 4 is 46.4 Å². The average Bonchev–Trinajstić information content (AvgIpc) is 1.46. The number of hydrogen-bond acceptors (Lipinski definition) is 8. The van der Waals surface area contributed by atoms with Gasteiger partial charge in [-0.1, -0.05) is 36.1 Å². The number of aromatic nitrogens is 4. The summed E-state index contributed by atoms with van der Waals surface area (Å²) in [5.41, 5.74) is -17.3. The number of nitrogens with one attached hydrogen (secondary N) is 2. The molecular weight excluding hydrogens is 1800 g/mol. The first kappa shape index (κ1) is 89.4. The van der Waals surface area contributed by atoms with Gasteiger partial charge in [-0.05, 0) is 84.0 Å². The Bertz CT molecular complexity index is 6550. The molecule has 15 rings (SSSR count). The molecule has 0 amide bonds. The van der Waals surface area contributed by atoms with Crippen LogP contribution >= 0.6 is 0 Å². The van der Waals surface area contributed by atoms with Gasteiger partial charge in [0.15, 0.2) is 140 Å². The molecule has 0 unspecified atom stereocenters. The van der Waals surface area contributed by atoms with Crippen LogP contribution in [-0.4, -0.2) is 19.9 Å². The second-order valence-corrected chi connectivity index (χ2v) is 27.6. The molecule has 0 fully saturated rings. The fourth-order valence-corrected chi connectivity index (χ4v) is 13.6. The Hall–Kier alpha value is -15.4. The molecule has 0 aliphatic carbocycles. The van der Waals surface area contributed by atoms with E-state index >= 15 is 87.8 Å². The van der Waals surface area contributed by atoms with Crippen LogP contribution in [0.3, 0.4) is 0 Å². The van der Waals surface area contributed by atoms with Crippen molar-refractivity contribution in [1.29, 1.82) is 0 Å². The molecule has 40 heteroatoms. The van der Waals surface area contributed by atoms with E-state index in [1.54, 1.807) is 0 Å². The standard InChI is InChI=1S/C90H36F30N4O6/c1-3-31-5-9-33(10-6-31)55-43-13-17-47(121-43)57(59-51(127-27-39-65(95)77(107)87(117)78(108)66(39)96)21-35(125-25-37-61(91)73(103)85(115)74(104)62(37)92)22-52(59)128-28-40-67(97)79(109)88(118)80(110)68(40)98)49-19-15-45(123-49)56(34-11-7-32(4-2)8-12-34)46-16-20-50(124-46)58(48-18-14-44(55)122-48)60-53(129-29-41-69(99)81(111)89(119)82(112)70(41)100)23-36(126-26-38-63(93)75(105)86(116)76(106)64(38)94)24-54(60)130-30-42-71(101)83(113)90(120)84(114)72(42)102/h1-2,5-24,121,124H,25-30H2. The third kappa shape index (κ3) is 15.7. The first-order valence-electron chi connectivity index (χ1n) is 36.3. The molecule has 0 radical (unpaired) electrons. The molecule has 10 aromatic carbocycles. The van der Waals surface area contributed by atoms with Gasteiger partial charge in [-0.3, -0.25) is 0 Å². The van der Waals surface area contributed by atoms with Gasteiger partial charge in [0.1, 0.15) is 74.1 Å². The van der Waals surface area contributed by atoms with Crippen LogP contribution in [0.15, 0.2) is 97.1 Å². The van der Waals surface area contributed by atoms with Gasteiger partial charge in [0.05, 0.1) is 67.3 Å². The summed E-state index contributed by atoms with van der Waals surface area (Å²) in [6.07, 6.45) is 16.0. The van der Waals surface area contributed by atoms with Crippen LogP contribution in [0, 0.1) is 199 Å². The van der Waals surface area contributed by atoms with Crippen LogP contribution in [0.25, 0.3) is 90.9 Å². The molecule has 2 aliphatic heterocycles. The molecule has 0 atom stereocenters. The van der Waals surface area contributed by atoms with Crippen LogP contribution in [-0.2, 0) is 39.6 Å². The second kappa shape index (κ2) is 35.1. The lowest BCUT2D eigenvalue weighted by atomic mass is 10.0. The Morgan fingerprint density at radius 1 is 0.215 bits per heavy atom. The zero-order valence-electron chi connectivity index (χ0n) is 63.6. The van der Waals surface area contributed by atoms with Crippen molar-refractivity contribution in [2.24, 2.45) is 0 Å². The molecule has 8 bridgehead atoms. The number of fused-ring (bicyclic) bond motifs is 8. The third-order valence-electron chi connectivity index (χ3n) is 20.1. The molecule has 662 valence electrons. The Kier molecular flexibility index (Phi) is 24.2. The maximum Gasteiger partial charge on any atom is 0.200 e. The fourth-order valence-electron chi connectivity index (χ4n) is 13.6. The zero-order valence-corrected chi connectivity index (χ0v) is 63.6. The number of terminal acetylenes is 2. The van der Waals surface area contributed by atoms with Gasteiger partial charge in [-0.25, -0.2) is 142 Å². The minimum absolute atomic E-state index is 0.00446. The van der Waals surface area contributed by atoms with E-state index < -0.39 is 327 Å². The molecule has 5 heterocycles. The first-order valence-corrected chi connectivity index (χ1v) is 36.3. The van der Waals surface area contributed by atoms with Crippen LogP contribution < -0.4 is 28.4 Å². The van der Waals surface area contributed by atoms with Gasteiger partial charge in [0.2, 0.25) is 34.9 Å². The number of nitrogens with zero attached hydrogens (tertiary/aromatic N) is 2. The first-order chi connectivity index (χ1) is 61.8. The average molecular weight is 1840 g/mol. The molecule has 130 heavy (non-hydrogen) atoms. The van der Waals surface area contributed by atoms with Crippen LogP contribution in [0.2, 0.25) is 0 Å². The lowest BCUT2D eigenvalue weighted by Crippen LogP contribution is -2.12. The van der Waals surface area contributed by atoms with Crippen molar-refractivity contribution in [3.63, 3.8) is 0 Å². The van der Waals surface area contributed by atoms with Crippen LogP contribution in [0.5, 0.6) is 34.5 Å². The zero-order chi connectivity index (χ0) is 93.5. The Morgan fingerprint density at radius 3 is 0.592 bits per heavy atom. The SMILES string of the molecule is C#Cc1ccc(-c2c3nc(c(-c4c(OCc5c(F)c(F)c(F)c(F)c5F)cc(OCc5c(F)c(F)c(F)c(F)c5F)cc4OCc4c(F)c(F)c(F)c(F)c4F)c4ccc([nH]4)c(-c4ccc(C#C)cc4)c4nc(c(-c5c(OCc6c(F)c(F)c(F)c(F)c6F)cc(OCc6c(F)c(F)c(F)c(F)c6F)cc5OCc5c(F)c(F)c(F)c(F)c5F)c5ccc2[nH]5)C=C4)C=C3)cc1.